The van der Waals surface area contributed by atoms with Crippen LogP contribution in [0.4, 0.5) is 0 Å². The van der Waals surface area contributed by atoms with Crippen LogP contribution in [-0.2, 0) is 9.59 Å². The fourth-order valence-electron chi connectivity index (χ4n) is 2.43. The molecule has 1 aliphatic rings. The van der Waals surface area contributed by atoms with Gasteiger partial charge in [-0.25, -0.2) is 0 Å². The van der Waals surface area contributed by atoms with Crippen molar-refractivity contribution < 1.29 is 9.59 Å². The topological polar surface area (TPSA) is 34.1 Å². The van der Waals surface area contributed by atoms with Gasteiger partial charge in [0.15, 0.2) is 5.78 Å². The number of Topliss-reactive ketones (excluding diaryl/α,β-unsaturated/α-hetero) is 2. The molecular formula is C14H20O2. The van der Waals surface area contributed by atoms with Gasteiger partial charge in [-0.1, -0.05) is 32.1 Å². The third-order valence-electron chi connectivity index (χ3n) is 3.78. The van der Waals surface area contributed by atoms with E-state index in [1.54, 1.807) is 13.8 Å². The van der Waals surface area contributed by atoms with Gasteiger partial charge < -0.3 is 0 Å². The van der Waals surface area contributed by atoms with Crippen LogP contribution >= 0.6 is 0 Å². The summed E-state index contributed by atoms with van der Waals surface area (Å²) in [7, 11) is 0. The summed E-state index contributed by atoms with van der Waals surface area (Å²) in [6.45, 7) is 7.31. The lowest BCUT2D eigenvalue weighted by Gasteiger charge is -2.32. The highest BCUT2D eigenvalue weighted by atomic mass is 16.1. The average molecular weight is 220 g/mol. The summed E-state index contributed by atoms with van der Waals surface area (Å²) in [5, 5.41) is 0. The Balaban J connectivity index is 3.13. The van der Waals surface area contributed by atoms with Crippen LogP contribution in [0.25, 0.3) is 0 Å². The number of carbonyl (C=O) groups is 2. The smallest absolute Gasteiger partial charge is 0.159 e. The zero-order chi connectivity index (χ0) is 12.3. The quantitative estimate of drug-likeness (QED) is 0.732. The van der Waals surface area contributed by atoms with Gasteiger partial charge in [0.2, 0.25) is 0 Å². The number of carbonyl (C=O) groups excluding carboxylic acids is 2. The summed E-state index contributed by atoms with van der Waals surface area (Å²) in [6.07, 6.45) is 7.27. The Hall–Kier alpha value is -1.18. The summed E-state index contributed by atoms with van der Waals surface area (Å²) in [5.74, 6) is 0.513. The summed E-state index contributed by atoms with van der Waals surface area (Å²) < 4.78 is 0. The van der Waals surface area contributed by atoms with Crippen LogP contribution < -0.4 is 0 Å². The van der Waals surface area contributed by atoms with E-state index in [1.807, 2.05) is 25.2 Å². The minimum atomic E-state index is -0.395. The molecule has 0 aromatic carbocycles. The number of ketones is 2. The van der Waals surface area contributed by atoms with Crippen LogP contribution in [0.3, 0.4) is 0 Å². The molecule has 88 valence electrons. The Labute approximate surface area is 97.4 Å². The van der Waals surface area contributed by atoms with Crippen LogP contribution in [0.2, 0.25) is 0 Å². The molecule has 2 heteroatoms. The Bertz CT molecular complexity index is 363. The number of rotatable bonds is 3. The van der Waals surface area contributed by atoms with Crippen LogP contribution in [-0.4, -0.2) is 11.6 Å². The highest BCUT2D eigenvalue weighted by molar-refractivity contribution is 5.96. The Morgan fingerprint density at radius 2 is 2.06 bits per heavy atom. The Kier molecular flexibility index (Phi) is 3.84. The van der Waals surface area contributed by atoms with E-state index in [2.05, 4.69) is 6.92 Å². The maximum absolute atomic E-state index is 11.8. The molecule has 0 saturated heterocycles. The molecule has 2 nitrogen and oxygen atoms in total. The van der Waals surface area contributed by atoms with Gasteiger partial charge >= 0.3 is 0 Å². The van der Waals surface area contributed by atoms with Crippen molar-refractivity contribution in [2.45, 2.75) is 40.5 Å². The predicted octanol–water partition coefficient (Wildman–Crippen LogP) is 3.08. The first kappa shape index (κ1) is 12.9. The molecular weight excluding hydrogens is 200 g/mol. The van der Waals surface area contributed by atoms with Crippen molar-refractivity contribution in [2.75, 3.05) is 0 Å². The highest BCUT2D eigenvalue weighted by Gasteiger charge is 2.37. The summed E-state index contributed by atoms with van der Waals surface area (Å²) in [5.41, 5.74) is 0.330. The van der Waals surface area contributed by atoms with E-state index >= 15 is 0 Å². The summed E-state index contributed by atoms with van der Waals surface area (Å²) in [6, 6.07) is 0. The van der Waals surface area contributed by atoms with E-state index in [4.69, 9.17) is 0 Å². The zero-order valence-electron chi connectivity index (χ0n) is 10.5. The Morgan fingerprint density at radius 3 is 2.50 bits per heavy atom. The van der Waals surface area contributed by atoms with E-state index < -0.39 is 5.41 Å². The van der Waals surface area contributed by atoms with Gasteiger partial charge in [0, 0.05) is 11.0 Å². The molecule has 0 fully saturated rings. The molecule has 0 aromatic heterocycles. The van der Waals surface area contributed by atoms with Gasteiger partial charge in [0.05, 0.1) is 0 Å². The predicted molar refractivity (Wildman–Crippen MR) is 65.1 cm³/mol. The molecule has 2 atom stereocenters. The van der Waals surface area contributed by atoms with E-state index in [1.165, 1.54) is 0 Å². The second-order valence-corrected chi connectivity index (χ2v) is 4.64. The van der Waals surface area contributed by atoms with Crippen LogP contribution in [0, 0.1) is 11.3 Å². The molecule has 0 radical (unpaired) electrons. The molecule has 0 aromatic rings. The first-order valence-electron chi connectivity index (χ1n) is 5.85. The first-order valence-corrected chi connectivity index (χ1v) is 5.85. The molecule has 2 unspecified atom stereocenters. The SMILES string of the molecule is CCC1(C(C)=O)C=CC(C(C)=O)=CCC1C. The van der Waals surface area contributed by atoms with Crippen LogP contribution in [0.15, 0.2) is 23.8 Å². The molecule has 0 spiro atoms. The third-order valence-corrected chi connectivity index (χ3v) is 3.78. The van der Waals surface area contributed by atoms with E-state index in [0.717, 1.165) is 18.4 Å². The van der Waals surface area contributed by atoms with Gasteiger partial charge in [-0.15, -0.1) is 0 Å². The number of allylic oxidation sites excluding steroid dienone is 4. The van der Waals surface area contributed by atoms with E-state index in [-0.39, 0.29) is 17.5 Å². The molecule has 1 aliphatic carbocycles. The minimum Gasteiger partial charge on any atom is -0.299 e. The molecule has 0 heterocycles. The largest absolute Gasteiger partial charge is 0.299 e. The maximum atomic E-state index is 11.8. The van der Waals surface area contributed by atoms with Crippen molar-refractivity contribution in [1.82, 2.24) is 0 Å². The lowest BCUT2D eigenvalue weighted by Crippen LogP contribution is -2.33. The molecule has 0 saturated carbocycles. The number of hydrogen-bond donors (Lipinski definition) is 0. The van der Waals surface area contributed by atoms with E-state index in [9.17, 15) is 9.59 Å². The van der Waals surface area contributed by atoms with Crippen molar-refractivity contribution in [1.29, 1.82) is 0 Å². The second-order valence-electron chi connectivity index (χ2n) is 4.64. The van der Waals surface area contributed by atoms with Crippen molar-refractivity contribution in [3.8, 4) is 0 Å². The van der Waals surface area contributed by atoms with Gasteiger partial charge in [-0.3, -0.25) is 9.59 Å². The van der Waals surface area contributed by atoms with Crippen LogP contribution in [0.1, 0.15) is 40.5 Å². The minimum absolute atomic E-state index is 0.0684. The van der Waals surface area contributed by atoms with Gasteiger partial charge in [-0.2, -0.15) is 0 Å². The Morgan fingerprint density at radius 1 is 1.44 bits per heavy atom. The molecule has 0 amide bonds. The van der Waals surface area contributed by atoms with Crippen molar-refractivity contribution in [3.05, 3.63) is 23.8 Å². The third kappa shape index (κ3) is 2.16. The fourth-order valence-corrected chi connectivity index (χ4v) is 2.43. The lowest BCUT2D eigenvalue weighted by molar-refractivity contribution is -0.126. The highest BCUT2D eigenvalue weighted by Crippen LogP contribution is 2.39. The van der Waals surface area contributed by atoms with E-state index in [0.29, 0.717) is 0 Å². The van der Waals surface area contributed by atoms with Crippen molar-refractivity contribution in [3.63, 3.8) is 0 Å². The molecule has 1 rings (SSSR count). The van der Waals surface area contributed by atoms with Crippen molar-refractivity contribution in [2.24, 2.45) is 11.3 Å². The van der Waals surface area contributed by atoms with Crippen LogP contribution in [0.5, 0.6) is 0 Å². The summed E-state index contributed by atoms with van der Waals surface area (Å²) in [4.78, 5) is 23.2. The molecule has 16 heavy (non-hydrogen) atoms. The zero-order valence-corrected chi connectivity index (χ0v) is 10.5. The van der Waals surface area contributed by atoms with Gasteiger partial charge in [0.25, 0.3) is 0 Å². The normalized spacial score (nSPS) is 29.5. The maximum Gasteiger partial charge on any atom is 0.159 e. The first-order chi connectivity index (χ1) is 7.44. The fraction of sp³-hybridized carbons (Fsp3) is 0.571. The number of hydrogen-bond acceptors (Lipinski definition) is 2. The molecule has 0 bridgehead atoms. The monoisotopic (exact) mass is 220 g/mol. The average Bonchev–Trinajstić information content (AvgIpc) is 2.38. The molecule has 0 aliphatic heterocycles. The van der Waals surface area contributed by atoms with Gasteiger partial charge in [0.1, 0.15) is 5.78 Å². The summed E-state index contributed by atoms with van der Waals surface area (Å²) >= 11 is 0. The van der Waals surface area contributed by atoms with Gasteiger partial charge in [-0.05, 0) is 32.6 Å². The lowest BCUT2D eigenvalue weighted by atomic mass is 9.70. The molecule has 0 N–H and O–H groups in total. The second kappa shape index (κ2) is 4.77. The standard InChI is InChI=1S/C14H20O2/c1-5-14(12(4)16)9-8-13(11(3)15)7-6-10(14)2/h7-10H,5-6H2,1-4H3. The van der Waals surface area contributed by atoms with Crippen molar-refractivity contribution >= 4 is 11.6 Å².